The molecule has 1 fully saturated rings. The number of nitrogens with zero attached hydrogens (tertiary/aromatic N) is 2. The molecule has 0 radical (unpaired) electrons. The second kappa shape index (κ2) is 7.29. The molecule has 1 aromatic carbocycles. The molecule has 0 bridgehead atoms. The Kier molecular flexibility index (Phi) is 5.58. The third-order valence-corrected chi connectivity index (χ3v) is 4.09. The van der Waals surface area contributed by atoms with Crippen LogP contribution in [0.15, 0.2) is 12.1 Å². The molecule has 0 atom stereocenters. The van der Waals surface area contributed by atoms with Crippen LogP contribution in [0.1, 0.15) is 29.8 Å². The van der Waals surface area contributed by atoms with Crippen LogP contribution in [0, 0.1) is 0 Å². The van der Waals surface area contributed by atoms with Crippen LogP contribution < -0.4 is 10.5 Å². The Hall–Kier alpha value is -1.96. The summed E-state index contributed by atoms with van der Waals surface area (Å²) in [6.07, 6.45) is -4.62. The summed E-state index contributed by atoms with van der Waals surface area (Å²) in [7, 11) is 0. The summed E-state index contributed by atoms with van der Waals surface area (Å²) in [4.78, 5) is 16.4. The Morgan fingerprint density at radius 2 is 1.83 bits per heavy atom. The molecule has 1 heterocycles. The Morgan fingerprint density at radius 3 is 2.33 bits per heavy atom. The molecule has 0 aromatic heterocycles. The van der Waals surface area contributed by atoms with Crippen molar-refractivity contribution in [3.63, 3.8) is 0 Å². The lowest BCUT2D eigenvalue weighted by Gasteiger charge is -2.34. The van der Waals surface area contributed by atoms with E-state index in [0.717, 1.165) is 18.7 Å². The van der Waals surface area contributed by atoms with Gasteiger partial charge in [0, 0.05) is 37.9 Å². The van der Waals surface area contributed by atoms with Crippen molar-refractivity contribution >= 4 is 11.6 Å². The van der Waals surface area contributed by atoms with Crippen LogP contribution in [0.2, 0.25) is 0 Å². The Labute approximate surface area is 139 Å². The summed E-state index contributed by atoms with van der Waals surface area (Å²) in [5.74, 6) is -0.370. The number of nitrogens with two attached hydrogens (primary N) is 1. The zero-order chi connectivity index (χ0) is 17.9. The van der Waals surface area contributed by atoms with E-state index in [2.05, 4.69) is 4.90 Å². The molecule has 0 saturated carbocycles. The largest absolute Gasteiger partial charge is 0.493 e. The van der Waals surface area contributed by atoms with E-state index in [1.807, 2.05) is 6.92 Å². The van der Waals surface area contributed by atoms with E-state index in [4.69, 9.17) is 10.5 Å². The Balaban J connectivity index is 2.34. The van der Waals surface area contributed by atoms with Gasteiger partial charge in [0.25, 0.3) is 5.91 Å². The number of rotatable bonds is 4. The number of carbonyl (C=O) groups is 1. The number of likely N-dealkylation sites (N-methyl/N-ethyl adjacent to an activating group) is 1. The van der Waals surface area contributed by atoms with Gasteiger partial charge >= 0.3 is 6.18 Å². The summed E-state index contributed by atoms with van der Waals surface area (Å²) < 4.78 is 44.6. The maximum atomic E-state index is 13.1. The summed E-state index contributed by atoms with van der Waals surface area (Å²) in [6.45, 7) is 7.19. The molecule has 5 nitrogen and oxygen atoms in total. The lowest BCUT2D eigenvalue weighted by Crippen LogP contribution is -2.48. The third kappa shape index (κ3) is 3.92. The van der Waals surface area contributed by atoms with E-state index in [-0.39, 0.29) is 17.9 Å². The summed E-state index contributed by atoms with van der Waals surface area (Å²) in [5.41, 5.74) is 3.94. The molecule has 134 valence electrons. The number of carbonyl (C=O) groups excluding carboxylic acids is 1. The number of halogens is 3. The van der Waals surface area contributed by atoms with E-state index in [1.54, 1.807) is 11.8 Å². The molecule has 0 spiro atoms. The number of hydrogen-bond donors (Lipinski definition) is 1. The first-order chi connectivity index (χ1) is 11.3. The average molecular weight is 345 g/mol. The summed E-state index contributed by atoms with van der Waals surface area (Å²) in [5, 5.41) is 0. The van der Waals surface area contributed by atoms with Gasteiger partial charge in [-0.2, -0.15) is 13.2 Å². The molecule has 2 N–H and O–H groups in total. The molecule has 1 aliphatic rings. The molecule has 0 aliphatic carbocycles. The first kappa shape index (κ1) is 18.4. The van der Waals surface area contributed by atoms with E-state index in [1.165, 1.54) is 0 Å². The zero-order valence-electron chi connectivity index (χ0n) is 13.8. The highest BCUT2D eigenvalue weighted by molar-refractivity contribution is 5.98. The van der Waals surface area contributed by atoms with Gasteiger partial charge in [-0.1, -0.05) is 6.92 Å². The number of piperazine rings is 1. The minimum Gasteiger partial charge on any atom is -0.493 e. The molecule has 1 aliphatic heterocycles. The fourth-order valence-electron chi connectivity index (χ4n) is 2.72. The quantitative estimate of drug-likeness (QED) is 0.852. The molecule has 2 rings (SSSR count). The number of benzene rings is 1. The monoisotopic (exact) mass is 345 g/mol. The van der Waals surface area contributed by atoms with Crippen molar-refractivity contribution in [1.29, 1.82) is 0 Å². The normalized spacial score (nSPS) is 16.3. The highest BCUT2D eigenvalue weighted by Crippen LogP contribution is 2.37. The minimum absolute atomic E-state index is 0.0888. The standard InChI is InChI=1S/C16H22F3N3O2/c1-3-21-5-7-22(8-6-21)15(23)11-9-12(16(17,18)19)13(20)10-14(11)24-4-2/h9-10H,3-8,20H2,1-2H3. The first-order valence-corrected chi connectivity index (χ1v) is 7.93. The molecular formula is C16H22F3N3O2. The predicted octanol–water partition coefficient (Wildman–Crippen LogP) is 2.46. The maximum absolute atomic E-state index is 13.1. The lowest BCUT2D eigenvalue weighted by molar-refractivity contribution is -0.136. The third-order valence-electron chi connectivity index (χ3n) is 4.09. The van der Waals surface area contributed by atoms with Crippen LogP contribution in [0.25, 0.3) is 0 Å². The second-order valence-electron chi connectivity index (χ2n) is 5.59. The van der Waals surface area contributed by atoms with Crippen LogP contribution in [-0.2, 0) is 6.18 Å². The van der Waals surface area contributed by atoms with Gasteiger partial charge < -0.3 is 20.3 Å². The number of nitrogen functional groups attached to an aromatic ring is 1. The van der Waals surface area contributed by atoms with Gasteiger partial charge in [-0.15, -0.1) is 0 Å². The molecule has 8 heteroatoms. The van der Waals surface area contributed by atoms with Crippen molar-refractivity contribution in [3.8, 4) is 5.75 Å². The van der Waals surface area contributed by atoms with E-state index in [9.17, 15) is 18.0 Å². The number of ether oxygens (including phenoxy) is 1. The van der Waals surface area contributed by atoms with Crippen LogP contribution in [-0.4, -0.2) is 55.0 Å². The zero-order valence-corrected chi connectivity index (χ0v) is 13.8. The van der Waals surface area contributed by atoms with Gasteiger partial charge in [-0.25, -0.2) is 0 Å². The Bertz CT molecular complexity index is 597. The van der Waals surface area contributed by atoms with E-state index in [0.29, 0.717) is 26.2 Å². The van der Waals surface area contributed by atoms with Gasteiger partial charge in [0.15, 0.2) is 0 Å². The molecule has 1 saturated heterocycles. The fraction of sp³-hybridized carbons (Fsp3) is 0.562. The molecule has 24 heavy (non-hydrogen) atoms. The first-order valence-electron chi connectivity index (χ1n) is 7.93. The van der Waals surface area contributed by atoms with Gasteiger partial charge in [0.1, 0.15) is 5.75 Å². The second-order valence-corrected chi connectivity index (χ2v) is 5.59. The van der Waals surface area contributed by atoms with E-state index >= 15 is 0 Å². The van der Waals surface area contributed by atoms with Crippen LogP contribution in [0.4, 0.5) is 18.9 Å². The maximum Gasteiger partial charge on any atom is 0.418 e. The van der Waals surface area contributed by atoms with Gasteiger partial charge in [0.05, 0.1) is 17.7 Å². The van der Waals surface area contributed by atoms with E-state index < -0.39 is 23.3 Å². The smallest absolute Gasteiger partial charge is 0.418 e. The van der Waals surface area contributed by atoms with Crippen molar-refractivity contribution < 1.29 is 22.7 Å². The van der Waals surface area contributed by atoms with Crippen LogP contribution >= 0.6 is 0 Å². The summed E-state index contributed by atoms with van der Waals surface area (Å²) >= 11 is 0. The van der Waals surface area contributed by atoms with Crippen molar-refractivity contribution in [3.05, 3.63) is 23.3 Å². The number of amides is 1. The average Bonchev–Trinajstić information content (AvgIpc) is 2.53. The highest BCUT2D eigenvalue weighted by Gasteiger charge is 2.35. The Morgan fingerprint density at radius 1 is 1.21 bits per heavy atom. The van der Waals surface area contributed by atoms with Crippen molar-refractivity contribution in [2.75, 3.05) is 45.1 Å². The predicted molar refractivity (Wildman–Crippen MR) is 85.0 cm³/mol. The highest BCUT2D eigenvalue weighted by atomic mass is 19.4. The van der Waals surface area contributed by atoms with Crippen LogP contribution in [0.3, 0.4) is 0 Å². The molecule has 0 unspecified atom stereocenters. The van der Waals surface area contributed by atoms with Crippen molar-refractivity contribution in [2.24, 2.45) is 0 Å². The molecule has 1 amide bonds. The molecular weight excluding hydrogens is 323 g/mol. The fourth-order valence-corrected chi connectivity index (χ4v) is 2.72. The number of anilines is 1. The molecule has 1 aromatic rings. The number of alkyl halides is 3. The van der Waals surface area contributed by atoms with Crippen molar-refractivity contribution in [1.82, 2.24) is 9.80 Å². The van der Waals surface area contributed by atoms with Crippen LogP contribution in [0.5, 0.6) is 5.75 Å². The summed E-state index contributed by atoms with van der Waals surface area (Å²) in [6, 6.07) is 1.89. The van der Waals surface area contributed by atoms with Crippen molar-refractivity contribution in [2.45, 2.75) is 20.0 Å². The van der Waals surface area contributed by atoms with Gasteiger partial charge in [-0.05, 0) is 19.5 Å². The SMILES string of the molecule is CCOc1cc(N)c(C(F)(F)F)cc1C(=O)N1CCN(CC)CC1. The van der Waals surface area contributed by atoms with Gasteiger partial charge in [0.2, 0.25) is 0 Å². The topological polar surface area (TPSA) is 58.8 Å². The number of hydrogen-bond acceptors (Lipinski definition) is 4. The minimum atomic E-state index is -4.62. The lowest BCUT2D eigenvalue weighted by atomic mass is 10.1. The van der Waals surface area contributed by atoms with Gasteiger partial charge in [-0.3, -0.25) is 4.79 Å².